The minimum atomic E-state index is -0.687. The summed E-state index contributed by atoms with van der Waals surface area (Å²) in [6.45, 7) is 4.00. The largest absolute Gasteiger partial charge is 0.500 e. The molecule has 0 aliphatic heterocycles. The van der Waals surface area contributed by atoms with E-state index in [1.807, 2.05) is 0 Å². The van der Waals surface area contributed by atoms with Crippen LogP contribution in [-0.4, -0.2) is 30.0 Å². The van der Waals surface area contributed by atoms with E-state index in [-0.39, 0.29) is 12.2 Å². The second-order valence-corrected chi connectivity index (χ2v) is 3.27. The van der Waals surface area contributed by atoms with E-state index in [1.54, 1.807) is 13.8 Å². The van der Waals surface area contributed by atoms with Gasteiger partial charge in [0.15, 0.2) is 0 Å². The number of carbonyl (C=O) groups is 2. The van der Waals surface area contributed by atoms with Crippen LogP contribution in [0, 0.1) is 0 Å². The first-order valence-electron chi connectivity index (χ1n) is 5.64. The molecule has 0 aliphatic rings. The Hall–Kier alpha value is -2.17. The fraction of sp³-hybridized carbons (Fsp3) is 0.308. The van der Waals surface area contributed by atoms with Gasteiger partial charge in [-0.25, -0.2) is 4.79 Å². The van der Waals surface area contributed by atoms with Gasteiger partial charge >= 0.3 is 5.97 Å². The maximum atomic E-state index is 12.1. The molecule has 0 N–H and O–H groups in total. The fourth-order valence-corrected chi connectivity index (χ4v) is 1.23. The summed E-state index contributed by atoms with van der Waals surface area (Å²) in [6, 6.07) is 3.06. The lowest BCUT2D eigenvalue weighted by atomic mass is 10.1. The van der Waals surface area contributed by atoms with E-state index in [1.165, 1.54) is 24.5 Å². The standard InChI is InChI=1S/C13H15NO4/c1-3-17-9-11(13(16)18-4-2)12(15)10-5-7-14-8-6-10/h5-9H,3-4H2,1-2H3/b11-9-. The molecule has 0 radical (unpaired) electrons. The lowest BCUT2D eigenvalue weighted by Crippen LogP contribution is -2.16. The number of nitrogens with zero attached hydrogens (tertiary/aromatic N) is 1. The van der Waals surface area contributed by atoms with Crippen LogP contribution in [0.3, 0.4) is 0 Å². The van der Waals surface area contributed by atoms with Gasteiger partial charge in [0.2, 0.25) is 5.78 Å². The van der Waals surface area contributed by atoms with E-state index in [0.717, 1.165) is 6.26 Å². The van der Waals surface area contributed by atoms with E-state index in [0.29, 0.717) is 12.2 Å². The molecule has 96 valence electrons. The molecule has 0 amide bonds. The maximum absolute atomic E-state index is 12.1. The molecule has 5 heteroatoms. The number of pyridine rings is 1. The van der Waals surface area contributed by atoms with E-state index in [4.69, 9.17) is 9.47 Å². The van der Waals surface area contributed by atoms with E-state index < -0.39 is 11.8 Å². The predicted octanol–water partition coefficient (Wildman–Crippen LogP) is 1.75. The number of hydrogen-bond acceptors (Lipinski definition) is 5. The second-order valence-electron chi connectivity index (χ2n) is 3.27. The van der Waals surface area contributed by atoms with Gasteiger partial charge in [-0.3, -0.25) is 9.78 Å². The van der Waals surface area contributed by atoms with Gasteiger partial charge < -0.3 is 9.47 Å². The van der Waals surface area contributed by atoms with Gasteiger partial charge in [-0.15, -0.1) is 0 Å². The molecule has 1 rings (SSSR count). The Morgan fingerprint density at radius 2 is 1.89 bits per heavy atom. The summed E-state index contributed by atoms with van der Waals surface area (Å²) in [5.41, 5.74) is 0.244. The molecule has 0 aliphatic carbocycles. The van der Waals surface area contributed by atoms with Crippen LogP contribution in [0.2, 0.25) is 0 Å². The highest BCUT2D eigenvalue weighted by molar-refractivity contribution is 6.23. The van der Waals surface area contributed by atoms with Gasteiger partial charge in [0.25, 0.3) is 0 Å². The molecule has 0 fully saturated rings. The molecule has 0 unspecified atom stereocenters. The van der Waals surface area contributed by atoms with Crippen molar-refractivity contribution in [1.29, 1.82) is 0 Å². The maximum Gasteiger partial charge on any atom is 0.345 e. The van der Waals surface area contributed by atoms with Crippen molar-refractivity contribution in [2.24, 2.45) is 0 Å². The molecule has 5 nitrogen and oxygen atoms in total. The molecule has 0 spiro atoms. The van der Waals surface area contributed by atoms with E-state index in [9.17, 15) is 9.59 Å². The monoisotopic (exact) mass is 249 g/mol. The summed E-state index contributed by atoms with van der Waals surface area (Å²) in [6.07, 6.45) is 4.11. The number of Topliss-reactive ketones (excluding diaryl/α,β-unsaturated/α-hetero) is 1. The molecule has 1 aromatic heterocycles. The van der Waals surface area contributed by atoms with Crippen LogP contribution in [-0.2, 0) is 14.3 Å². The average Bonchev–Trinajstić information content (AvgIpc) is 2.40. The first kappa shape index (κ1) is 13.9. The number of carbonyl (C=O) groups excluding carboxylic acids is 2. The molecular formula is C13H15NO4. The van der Waals surface area contributed by atoms with Crippen LogP contribution in [0.4, 0.5) is 0 Å². The van der Waals surface area contributed by atoms with Gasteiger partial charge in [0, 0.05) is 18.0 Å². The van der Waals surface area contributed by atoms with Crippen LogP contribution >= 0.6 is 0 Å². The zero-order valence-electron chi connectivity index (χ0n) is 10.4. The molecule has 0 aromatic carbocycles. The summed E-state index contributed by atoms with van der Waals surface area (Å²) in [5, 5.41) is 0. The quantitative estimate of drug-likeness (QED) is 0.192. The lowest BCUT2D eigenvalue weighted by Gasteiger charge is -2.06. The lowest BCUT2D eigenvalue weighted by molar-refractivity contribution is -0.138. The Labute approximate surface area is 105 Å². The first-order valence-corrected chi connectivity index (χ1v) is 5.64. The van der Waals surface area contributed by atoms with Gasteiger partial charge in [-0.05, 0) is 26.0 Å². The molecule has 0 saturated carbocycles. The third-order valence-corrected chi connectivity index (χ3v) is 2.05. The number of hydrogen-bond donors (Lipinski definition) is 0. The Balaban J connectivity index is 2.97. The van der Waals surface area contributed by atoms with Gasteiger partial charge in [0.1, 0.15) is 11.8 Å². The van der Waals surface area contributed by atoms with Gasteiger partial charge in [-0.1, -0.05) is 0 Å². The number of aromatic nitrogens is 1. The number of rotatable bonds is 6. The zero-order chi connectivity index (χ0) is 13.4. The van der Waals surface area contributed by atoms with Gasteiger partial charge in [0.05, 0.1) is 13.2 Å². The van der Waals surface area contributed by atoms with Crippen molar-refractivity contribution in [3.63, 3.8) is 0 Å². The van der Waals surface area contributed by atoms with Crippen molar-refractivity contribution in [3.05, 3.63) is 41.9 Å². The third kappa shape index (κ3) is 3.69. The minimum absolute atomic E-state index is 0.120. The summed E-state index contributed by atoms with van der Waals surface area (Å²) in [5.74, 6) is -1.13. The Bertz CT molecular complexity index is 440. The second kappa shape index (κ2) is 7.21. The summed E-state index contributed by atoms with van der Waals surface area (Å²) in [4.78, 5) is 27.6. The Kier molecular flexibility index (Phi) is 5.57. The molecule has 0 atom stereocenters. The zero-order valence-corrected chi connectivity index (χ0v) is 10.4. The normalized spacial score (nSPS) is 10.9. The van der Waals surface area contributed by atoms with Crippen molar-refractivity contribution in [3.8, 4) is 0 Å². The molecule has 1 heterocycles. The molecular weight excluding hydrogens is 234 g/mol. The molecule has 0 bridgehead atoms. The predicted molar refractivity (Wildman–Crippen MR) is 64.9 cm³/mol. The Morgan fingerprint density at radius 3 is 2.44 bits per heavy atom. The van der Waals surface area contributed by atoms with Crippen molar-refractivity contribution >= 4 is 11.8 Å². The highest BCUT2D eigenvalue weighted by atomic mass is 16.5. The van der Waals surface area contributed by atoms with E-state index >= 15 is 0 Å². The molecule has 0 saturated heterocycles. The minimum Gasteiger partial charge on any atom is -0.500 e. The van der Waals surface area contributed by atoms with Crippen molar-refractivity contribution < 1.29 is 19.1 Å². The van der Waals surface area contributed by atoms with Crippen molar-refractivity contribution in [1.82, 2.24) is 4.98 Å². The molecule has 18 heavy (non-hydrogen) atoms. The molecule has 1 aromatic rings. The Morgan fingerprint density at radius 1 is 1.22 bits per heavy atom. The van der Waals surface area contributed by atoms with Crippen LogP contribution in [0.15, 0.2) is 36.4 Å². The SMILES string of the molecule is CCO/C=C(\C(=O)OCC)C(=O)c1ccncc1. The van der Waals surface area contributed by atoms with Crippen LogP contribution < -0.4 is 0 Å². The van der Waals surface area contributed by atoms with Gasteiger partial charge in [-0.2, -0.15) is 0 Å². The topological polar surface area (TPSA) is 65.5 Å². The summed E-state index contributed by atoms with van der Waals surface area (Å²) < 4.78 is 9.83. The van der Waals surface area contributed by atoms with Crippen LogP contribution in [0.1, 0.15) is 24.2 Å². The highest BCUT2D eigenvalue weighted by Gasteiger charge is 2.21. The third-order valence-electron chi connectivity index (χ3n) is 2.05. The van der Waals surface area contributed by atoms with E-state index in [2.05, 4.69) is 4.98 Å². The summed E-state index contributed by atoms with van der Waals surface area (Å²) >= 11 is 0. The average molecular weight is 249 g/mol. The highest BCUT2D eigenvalue weighted by Crippen LogP contribution is 2.09. The smallest absolute Gasteiger partial charge is 0.345 e. The summed E-state index contributed by atoms with van der Waals surface area (Å²) in [7, 11) is 0. The van der Waals surface area contributed by atoms with Crippen LogP contribution in [0.25, 0.3) is 0 Å². The van der Waals surface area contributed by atoms with Crippen molar-refractivity contribution in [2.75, 3.05) is 13.2 Å². The number of ether oxygens (including phenoxy) is 2. The van der Waals surface area contributed by atoms with Crippen LogP contribution in [0.5, 0.6) is 0 Å². The first-order chi connectivity index (χ1) is 8.70. The van der Waals surface area contributed by atoms with Crippen molar-refractivity contribution in [2.45, 2.75) is 13.8 Å². The number of esters is 1. The fourth-order valence-electron chi connectivity index (χ4n) is 1.23. The number of ketones is 1.